The van der Waals surface area contributed by atoms with Crippen molar-refractivity contribution in [2.45, 2.75) is 69.8 Å². The molecule has 3 rings (SSSR count). The number of nitrogens with zero attached hydrogens (tertiary/aromatic N) is 2. The molecule has 1 fully saturated rings. The predicted octanol–water partition coefficient (Wildman–Crippen LogP) is 2.11. The van der Waals surface area contributed by atoms with Crippen LogP contribution in [-0.4, -0.2) is 50.7 Å². The van der Waals surface area contributed by atoms with Crippen LogP contribution in [0.25, 0.3) is 0 Å². The highest BCUT2D eigenvalue weighted by Gasteiger charge is 2.44. The largest absolute Gasteiger partial charge is 0.481 e. The van der Waals surface area contributed by atoms with Gasteiger partial charge in [-0.15, -0.1) is 0 Å². The van der Waals surface area contributed by atoms with E-state index in [9.17, 15) is 14.7 Å². The van der Waals surface area contributed by atoms with Crippen molar-refractivity contribution in [3.05, 3.63) is 29.1 Å². The first-order chi connectivity index (χ1) is 12.5. The van der Waals surface area contributed by atoms with Crippen LogP contribution < -0.4 is 0 Å². The average Bonchev–Trinajstić information content (AvgIpc) is 2.58. The number of likely N-dealkylation sites (tertiary alicyclic amines) is 1. The van der Waals surface area contributed by atoms with E-state index in [4.69, 9.17) is 10.1 Å². The molecule has 26 heavy (non-hydrogen) atoms. The molecule has 6 nitrogen and oxygen atoms in total. The summed E-state index contributed by atoms with van der Waals surface area (Å²) in [7, 11) is 0. The van der Waals surface area contributed by atoms with E-state index in [-0.39, 0.29) is 25.4 Å². The van der Waals surface area contributed by atoms with Gasteiger partial charge in [0.2, 0.25) is 5.91 Å². The molecular formula is C20H28N2O4. The summed E-state index contributed by atoms with van der Waals surface area (Å²) < 4.78 is 0. The van der Waals surface area contributed by atoms with Gasteiger partial charge in [-0.3, -0.25) is 14.6 Å². The maximum atomic E-state index is 12.0. The second kappa shape index (κ2) is 8.16. The molecule has 1 amide bonds. The maximum absolute atomic E-state index is 12.0. The standard InChI is InChI=1S/C20H28N2O4/c23-18(22-13-20(26,14-22)12-19(24)25)9-3-1-2-7-16-11-10-15-6-4-5-8-17(15)21-16/h10-11,26H,1-9,12-14H2,(H,24,25). The number of rotatable bonds is 8. The molecule has 0 radical (unpaired) electrons. The van der Waals surface area contributed by atoms with Crippen LogP contribution in [0.15, 0.2) is 12.1 Å². The van der Waals surface area contributed by atoms with Crippen molar-refractivity contribution in [3.8, 4) is 0 Å². The number of carboxylic acid groups (broad SMARTS) is 1. The molecule has 1 aromatic heterocycles. The third-order valence-electron chi connectivity index (χ3n) is 5.36. The number of hydrogen-bond acceptors (Lipinski definition) is 4. The predicted molar refractivity (Wildman–Crippen MR) is 96.8 cm³/mol. The van der Waals surface area contributed by atoms with Crippen molar-refractivity contribution in [3.63, 3.8) is 0 Å². The number of β-amino-alcohol motifs (C(OH)–C–C–N with tert-alkyl or cyclic N) is 1. The Kier molecular flexibility index (Phi) is 5.91. The van der Waals surface area contributed by atoms with Gasteiger partial charge >= 0.3 is 5.97 Å². The maximum Gasteiger partial charge on any atom is 0.306 e. The number of aromatic nitrogens is 1. The number of pyridine rings is 1. The Morgan fingerprint density at radius 2 is 1.88 bits per heavy atom. The number of aliphatic carboxylic acids is 1. The lowest BCUT2D eigenvalue weighted by Gasteiger charge is -2.45. The van der Waals surface area contributed by atoms with Crippen molar-refractivity contribution in [2.24, 2.45) is 0 Å². The number of hydrogen-bond donors (Lipinski definition) is 2. The van der Waals surface area contributed by atoms with Crippen LogP contribution in [-0.2, 0) is 28.9 Å². The summed E-state index contributed by atoms with van der Waals surface area (Å²) in [6.07, 6.45) is 8.67. The second-order valence-corrected chi connectivity index (χ2v) is 7.72. The van der Waals surface area contributed by atoms with Gasteiger partial charge in [0.15, 0.2) is 0 Å². The Morgan fingerprint density at radius 3 is 2.65 bits per heavy atom. The molecule has 0 spiro atoms. The van der Waals surface area contributed by atoms with E-state index in [1.54, 1.807) is 4.90 Å². The molecule has 1 aliphatic heterocycles. The minimum atomic E-state index is -1.24. The van der Waals surface area contributed by atoms with Crippen LogP contribution in [0.3, 0.4) is 0 Å². The number of carbonyl (C=O) groups is 2. The molecule has 0 saturated carbocycles. The van der Waals surface area contributed by atoms with Crippen LogP contribution in [0.1, 0.15) is 61.9 Å². The molecular weight excluding hydrogens is 332 g/mol. The Labute approximate surface area is 154 Å². The summed E-state index contributed by atoms with van der Waals surface area (Å²) in [6, 6.07) is 4.36. The van der Waals surface area contributed by atoms with Crippen LogP contribution in [0.4, 0.5) is 0 Å². The van der Waals surface area contributed by atoms with E-state index in [1.807, 2.05) is 0 Å². The summed E-state index contributed by atoms with van der Waals surface area (Å²) in [5.41, 5.74) is 2.59. The smallest absolute Gasteiger partial charge is 0.306 e. The fraction of sp³-hybridized carbons (Fsp3) is 0.650. The first-order valence-electron chi connectivity index (χ1n) is 9.65. The zero-order valence-corrected chi connectivity index (χ0v) is 15.2. The molecule has 0 unspecified atom stereocenters. The lowest BCUT2D eigenvalue weighted by Crippen LogP contribution is -2.64. The lowest BCUT2D eigenvalue weighted by molar-refractivity contribution is -0.165. The van der Waals surface area contributed by atoms with Gasteiger partial charge in [-0.2, -0.15) is 0 Å². The number of aliphatic hydroxyl groups is 1. The number of fused-ring (bicyclic) bond motifs is 1. The van der Waals surface area contributed by atoms with Crippen molar-refractivity contribution in [2.75, 3.05) is 13.1 Å². The zero-order valence-electron chi connectivity index (χ0n) is 15.2. The van der Waals surface area contributed by atoms with Gasteiger partial charge in [0, 0.05) is 17.8 Å². The topological polar surface area (TPSA) is 90.7 Å². The number of amides is 1. The molecule has 142 valence electrons. The summed E-state index contributed by atoms with van der Waals surface area (Å²) in [5, 5.41) is 18.7. The van der Waals surface area contributed by atoms with Gasteiger partial charge in [0.05, 0.1) is 19.5 Å². The Hall–Kier alpha value is -1.95. The number of aryl methyl sites for hydroxylation is 3. The zero-order chi connectivity index (χ0) is 18.6. The summed E-state index contributed by atoms with van der Waals surface area (Å²) in [6.45, 7) is 0.272. The highest BCUT2D eigenvalue weighted by Crippen LogP contribution is 2.25. The van der Waals surface area contributed by atoms with E-state index in [0.717, 1.165) is 44.2 Å². The molecule has 2 N–H and O–H groups in total. The van der Waals surface area contributed by atoms with Gasteiger partial charge in [0.1, 0.15) is 5.60 Å². The van der Waals surface area contributed by atoms with Gasteiger partial charge < -0.3 is 15.1 Å². The summed E-state index contributed by atoms with van der Waals surface area (Å²) >= 11 is 0. The van der Waals surface area contributed by atoms with E-state index in [1.165, 1.54) is 24.1 Å². The third kappa shape index (κ3) is 4.81. The van der Waals surface area contributed by atoms with E-state index in [2.05, 4.69) is 12.1 Å². The first-order valence-corrected chi connectivity index (χ1v) is 9.65. The fourth-order valence-electron chi connectivity index (χ4n) is 3.92. The highest BCUT2D eigenvalue weighted by molar-refractivity contribution is 5.78. The van der Waals surface area contributed by atoms with E-state index in [0.29, 0.717) is 6.42 Å². The second-order valence-electron chi connectivity index (χ2n) is 7.72. The Morgan fingerprint density at radius 1 is 1.12 bits per heavy atom. The normalized spacial score (nSPS) is 18.1. The summed E-state index contributed by atoms with van der Waals surface area (Å²) in [5.74, 6) is -1.03. The highest BCUT2D eigenvalue weighted by atomic mass is 16.4. The lowest BCUT2D eigenvalue weighted by atomic mass is 9.90. The number of unbranched alkanes of at least 4 members (excludes halogenated alkanes) is 2. The molecule has 1 saturated heterocycles. The van der Waals surface area contributed by atoms with Crippen LogP contribution >= 0.6 is 0 Å². The van der Waals surface area contributed by atoms with Gasteiger partial charge in [0.25, 0.3) is 0 Å². The van der Waals surface area contributed by atoms with Crippen LogP contribution in [0.2, 0.25) is 0 Å². The van der Waals surface area contributed by atoms with E-state index >= 15 is 0 Å². The number of carbonyl (C=O) groups excluding carboxylic acids is 1. The van der Waals surface area contributed by atoms with Gasteiger partial charge in [-0.25, -0.2) is 0 Å². The molecule has 2 heterocycles. The van der Waals surface area contributed by atoms with Crippen molar-refractivity contribution < 1.29 is 19.8 Å². The van der Waals surface area contributed by atoms with Crippen molar-refractivity contribution in [1.29, 1.82) is 0 Å². The molecule has 0 aromatic carbocycles. The average molecular weight is 360 g/mol. The molecule has 6 heteroatoms. The Bertz CT molecular complexity index is 668. The van der Waals surface area contributed by atoms with Gasteiger partial charge in [-0.05, 0) is 56.6 Å². The van der Waals surface area contributed by atoms with Crippen LogP contribution in [0.5, 0.6) is 0 Å². The molecule has 0 atom stereocenters. The third-order valence-corrected chi connectivity index (χ3v) is 5.36. The molecule has 1 aromatic rings. The van der Waals surface area contributed by atoms with Gasteiger partial charge in [-0.1, -0.05) is 12.5 Å². The molecule has 0 bridgehead atoms. The number of carboxylic acids is 1. The first kappa shape index (κ1) is 18.8. The fourth-order valence-corrected chi connectivity index (χ4v) is 3.92. The molecule has 2 aliphatic rings. The van der Waals surface area contributed by atoms with Crippen molar-refractivity contribution in [1.82, 2.24) is 9.88 Å². The summed E-state index contributed by atoms with van der Waals surface area (Å²) in [4.78, 5) is 29.0. The SMILES string of the molecule is O=C(O)CC1(O)CN(C(=O)CCCCCc2ccc3c(n2)CCCC3)C1. The van der Waals surface area contributed by atoms with E-state index < -0.39 is 11.6 Å². The monoisotopic (exact) mass is 360 g/mol. The van der Waals surface area contributed by atoms with Crippen LogP contribution in [0, 0.1) is 0 Å². The minimum absolute atomic E-state index is 0.00645. The Balaban J connectivity index is 1.31. The molecule has 1 aliphatic carbocycles. The van der Waals surface area contributed by atoms with Crippen molar-refractivity contribution >= 4 is 11.9 Å². The quantitative estimate of drug-likeness (QED) is 0.693. The minimum Gasteiger partial charge on any atom is -0.481 e.